The summed E-state index contributed by atoms with van der Waals surface area (Å²) >= 11 is 11.5. The van der Waals surface area contributed by atoms with Gasteiger partial charge in [-0.15, -0.1) is 0 Å². The molecule has 0 radical (unpaired) electrons. The van der Waals surface area contributed by atoms with E-state index in [0.29, 0.717) is 16.3 Å². The Balaban J connectivity index is 2.19. The van der Waals surface area contributed by atoms with Crippen LogP contribution >= 0.6 is 23.8 Å². The lowest BCUT2D eigenvalue weighted by Crippen LogP contribution is -2.39. The van der Waals surface area contributed by atoms with Crippen molar-refractivity contribution in [2.75, 3.05) is 6.54 Å². The summed E-state index contributed by atoms with van der Waals surface area (Å²) in [6.07, 6.45) is 2.13. The summed E-state index contributed by atoms with van der Waals surface area (Å²) in [6.45, 7) is 7.43. The maximum absolute atomic E-state index is 12.8. The van der Waals surface area contributed by atoms with Gasteiger partial charge in [-0.2, -0.15) is 0 Å². The van der Waals surface area contributed by atoms with Crippen LogP contribution in [0, 0.1) is 4.77 Å². The molecule has 116 valence electrons. The molecule has 1 aliphatic heterocycles. The summed E-state index contributed by atoms with van der Waals surface area (Å²) in [7, 11) is 0. The number of aromatic nitrogens is 2. The van der Waals surface area contributed by atoms with Crippen LogP contribution in [-0.2, 0) is 6.54 Å². The fourth-order valence-electron chi connectivity index (χ4n) is 2.84. The van der Waals surface area contributed by atoms with E-state index < -0.39 is 0 Å². The van der Waals surface area contributed by atoms with Crippen molar-refractivity contribution in [1.29, 1.82) is 0 Å². The Morgan fingerprint density at radius 2 is 2.23 bits per heavy atom. The number of halogens is 1. The highest BCUT2D eigenvalue weighted by atomic mass is 35.5. The Kier molecular flexibility index (Phi) is 3.97. The fourth-order valence-corrected chi connectivity index (χ4v) is 3.37. The van der Waals surface area contributed by atoms with Gasteiger partial charge in [0.1, 0.15) is 0 Å². The third-order valence-electron chi connectivity index (χ3n) is 4.05. The van der Waals surface area contributed by atoms with E-state index in [4.69, 9.17) is 23.8 Å². The highest BCUT2D eigenvalue weighted by molar-refractivity contribution is 7.71. The predicted molar refractivity (Wildman–Crippen MR) is 92.1 cm³/mol. The van der Waals surface area contributed by atoms with E-state index in [1.165, 1.54) is 5.57 Å². The average molecular weight is 336 g/mol. The van der Waals surface area contributed by atoms with E-state index in [2.05, 4.69) is 29.8 Å². The van der Waals surface area contributed by atoms with Crippen LogP contribution in [0.15, 0.2) is 23.8 Å². The molecule has 1 unspecified atom stereocenters. The molecule has 1 atom stereocenters. The van der Waals surface area contributed by atoms with Crippen LogP contribution in [0.5, 0.6) is 0 Å². The minimum atomic E-state index is -0.243. The molecule has 0 saturated carbocycles. The standard InChI is InChI=1S/C16H18ClN3OS/c1-9(2)4-5-19-8-11-6-12(17)7-13-14(11)20(16(22)18-13)15(21)10(19)3/h4,6-7,10H,5,8H2,1-3H3,(H,18,22). The Hall–Kier alpha value is -1.43. The summed E-state index contributed by atoms with van der Waals surface area (Å²) in [6, 6.07) is 3.49. The van der Waals surface area contributed by atoms with E-state index in [-0.39, 0.29) is 11.9 Å². The number of hydrogen-bond donors (Lipinski definition) is 1. The molecule has 2 aromatic rings. The van der Waals surface area contributed by atoms with Crippen LogP contribution in [0.3, 0.4) is 0 Å². The molecule has 0 spiro atoms. The maximum Gasteiger partial charge on any atom is 0.250 e. The Morgan fingerprint density at radius 3 is 2.91 bits per heavy atom. The van der Waals surface area contributed by atoms with Crippen molar-refractivity contribution in [3.63, 3.8) is 0 Å². The minimum absolute atomic E-state index is 0.000483. The zero-order valence-corrected chi connectivity index (χ0v) is 14.4. The number of carbonyl (C=O) groups excluding carboxylic acids is 1. The minimum Gasteiger partial charge on any atom is -0.330 e. The van der Waals surface area contributed by atoms with E-state index in [0.717, 1.165) is 23.1 Å². The van der Waals surface area contributed by atoms with Crippen LogP contribution in [0.25, 0.3) is 11.0 Å². The number of aromatic amines is 1. The lowest BCUT2D eigenvalue weighted by Gasteiger charge is -2.24. The molecule has 1 aromatic heterocycles. The summed E-state index contributed by atoms with van der Waals surface area (Å²) in [4.78, 5) is 18.1. The van der Waals surface area contributed by atoms with Gasteiger partial charge in [0.2, 0.25) is 5.91 Å². The fraction of sp³-hybridized carbons (Fsp3) is 0.375. The second kappa shape index (κ2) is 5.65. The lowest BCUT2D eigenvalue weighted by atomic mass is 10.1. The van der Waals surface area contributed by atoms with Crippen LogP contribution in [-0.4, -0.2) is 32.9 Å². The van der Waals surface area contributed by atoms with Crippen LogP contribution in [0.1, 0.15) is 31.1 Å². The molecule has 1 aliphatic rings. The van der Waals surface area contributed by atoms with Crippen molar-refractivity contribution in [3.05, 3.63) is 39.1 Å². The number of nitrogens with one attached hydrogen (secondary N) is 1. The first-order valence-corrected chi connectivity index (χ1v) is 8.02. The largest absolute Gasteiger partial charge is 0.330 e. The van der Waals surface area contributed by atoms with Gasteiger partial charge >= 0.3 is 0 Å². The zero-order chi connectivity index (χ0) is 16.0. The molecule has 22 heavy (non-hydrogen) atoms. The quantitative estimate of drug-likeness (QED) is 0.661. The van der Waals surface area contributed by atoms with Crippen molar-refractivity contribution < 1.29 is 4.79 Å². The number of benzene rings is 1. The van der Waals surface area contributed by atoms with Crippen molar-refractivity contribution in [1.82, 2.24) is 14.5 Å². The normalized spacial score (nSPS) is 18.5. The van der Waals surface area contributed by atoms with Gasteiger partial charge in [0.15, 0.2) is 4.77 Å². The lowest BCUT2D eigenvalue weighted by molar-refractivity contribution is 0.0770. The van der Waals surface area contributed by atoms with Gasteiger partial charge in [0.25, 0.3) is 0 Å². The van der Waals surface area contributed by atoms with Crippen molar-refractivity contribution >= 4 is 40.8 Å². The first-order chi connectivity index (χ1) is 10.4. The van der Waals surface area contributed by atoms with Gasteiger partial charge < -0.3 is 4.98 Å². The highest BCUT2D eigenvalue weighted by Gasteiger charge is 2.29. The van der Waals surface area contributed by atoms with Crippen molar-refractivity contribution in [2.24, 2.45) is 0 Å². The van der Waals surface area contributed by atoms with E-state index >= 15 is 0 Å². The molecule has 1 aromatic carbocycles. The van der Waals surface area contributed by atoms with Crippen LogP contribution < -0.4 is 0 Å². The molecule has 3 rings (SSSR count). The summed E-state index contributed by atoms with van der Waals surface area (Å²) in [5.74, 6) is -0.000483. The molecule has 0 bridgehead atoms. The molecule has 0 amide bonds. The Bertz CT molecular complexity index is 845. The Labute approximate surface area is 139 Å². The van der Waals surface area contributed by atoms with Gasteiger partial charge in [-0.1, -0.05) is 23.3 Å². The zero-order valence-electron chi connectivity index (χ0n) is 12.8. The van der Waals surface area contributed by atoms with Crippen molar-refractivity contribution in [3.8, 4) is 0 Å². The van der Waals surface area contributed by atoms with Crippen LogP contribution in [0.2, 0.25) is 5.02 Å². The number of imidazole rings is 1. The number of carbonyl (C=O) groups is 1. The first kappa shape index (κ1) is 15.5. The number of rotatable bonds is 2. The third-order valence-corrected chi connectivity index (χ3v) is 4.56. The van der Waals surface area contributed by atoms with Gasteiger partial charge in [0, 0.05) is 18.1 Å². The molecule has 0 saturated heterocycles. The molecular formula is C16H18ClN3OS. The SMILES string of the molecule is CC(C)=CCN1Cc2cc(Cl)cc3[nH]c(=S)n(c23)C(=O)C1C. The van der Waals surface area contributed by atoms with Crippen molar-refractivity contribution in [2.45, 2.75) is 33.4 Å². The summed E-state index contributed by atoms with van der Waals surface area (Å²) in [5, 5.41) is 0.648. The van der Waals surface area contributed by atoms with Crippen LogP contribution in [0.4, 0.5) is 0 Å². The number of hydrogen-bond acceptors (Lipinski definition) is 3. The Morgan fingerprint density at radius 1 is 1.50 bits per heavy atom. The molecule has 0 aliphatic carbocycles. The second-order valence-corrected chi connectivity index (χ2v) is 6.77. The summed E-state index contributed by atoms with van der Waals surface area (Å²) in [5.41, 5.74) is 3.93. The molecule has 1 N–H and O–H groups in total. The number of nitrogens with zero attached hydrogens (tertiary/aromatic N) is 2. The topological polar surface area (TPSA) is 41.0 Å². The van der Waals surface area contributed by atoms with Gasteiger partial charge in [0.05, 0.1) is 17.1 Å². The summed E-state index contributed by atoms with van der Waals surface area (Å²) < 4.78 is 2.04. The molecule has 6 heteroatoms. The highest BCUT2D eigenvalue weighted by Crippen LogP contribution is 2.29. The third kappa shape index (κ3) is 2.53. The molecule has 4 nitrogen and oxygen atoms in total. The van der Waals surface area contributed by atoms with Gasteiger partial charge in [-0.3, -0.25) is 14.3 Å². The second-order valence-electron chi connectivity index (χ2n) is 5.95. The van der Waals surface area contributed by atoms with E-state index in [1.54, 1.807) is 4.57 Å². The van der Waals surface area contributed by atoms with Gasteiger partial charge in [-0.25, -0.2) is 0 Å². The van der Waals surface area contributed by atoms with Gasteiger partial charge in [-0.05, 0) is 50.7 Å². The van der Waals surface area contributed by atoms with E-state index in [9.17, 15) is 4.79 Å². The first-order valence-electron chi connectivity index (χ1n) is 7.23. The average Bonchev–Trinajstić information content (AvgIpc) is 2.71. The van der Waals surface area contributed by atoms with E-state index in [1.807, 2.05) is 19.1 Å². The smallest absolute Gasteiger partial charge is 0.250 e. The monoisotopic (exact) mass is 335 g/mol. The molecular weight excluding hydrogens is 318 g/mol. The predicted octanol–water partition coefficient (Wildman–Crippen LogP) is 4.16. The number of H-pyrrole nitrogens is 1. The number of allylic oxidation sites excluding steroid dienone is 1. The maximum atomic E-state index is 12.8. The molecule has 0 fully saturated rings. The molecule has 2 heterocycles.